The van der Waals surface area contributed by atoms with Crippen molar-refractivity contribution in [3.63, 3.8) is 0 Å². The molecule has 1 aliphatic heterocycles. The summed E-state index contributed by atoms with van der Waals surface area (Å²) in [5.74, 6) is 0.179. The highest BCUT2D eigenvalue weighted by atomic mass is 35.5. The van der Waals surface area contributed by atoms with E-state index in [-0.39, 0.29) is 24.4 Å². The van der Waals surface area contributed by atoms with Gasteiger partial charge in [-0.2, -0.15) is 4.31 Å². The van der Waals surface area contributed by atoms with Crippen LogP contribution in [0.5, 0.6) is 0 Å². The number of aryl methyl sites for hydroxylation is 1. The summed E-state index contributed by atoms with van der Waals surface area (Å²) in [5.41, 5.74) is 7.75. The van der Waals surface area contributed by atoms with Crippen LogP contribution in [0.2, 0.25) is 0 Å². The van der Waals surface area contributed by atoms with Crippen LogP contribution in [0, 0.1) is 12.8 Å². The van der Waals surface area contributed by atoms with E-state index in [0.717, 1.165) is 16.6 Å². The van der Waals surface area contributed by atoms with E-state index in [9.17, 15) is 8.42 Å². The molecule has 2 unspecified atom stereocenters. The van der Waals surface area contributed by atoms with Gasteiger partial charge in [0.25, 0.3) is 0 Å². The van der Waals surface area contributed by atoms with E-state index in [0.29, 0.717) is 24.4 Å². The molecule has 7 heteroatoms. The second-order valence-electron chi connectivity index (χ2n) is 6.28. The second-order valence-corrected chi connectivity index (χ2v) is 8.16. The molecule has 1 aromatic heterocycles. The average Bonchev–Trinajstić information content (AvgIpc) is 2.74. The van der Waals surface area contributed by atoms with Gasteiger partial charge in [-0.25, -0.2) is 8.42 Å². The normalized spacial score (nSPS) is 23.0. The van der Waals surface area contributed by atoms with Crippen LogP contribution < -0.4 is 5.73 Å². The van der Waals surface area contributed by atoms with E-state index in [2.05, 4.69) is 0 Å². The number of aromatic nitrogens is 1. The Morgan fingerprint density at radius 3 is 2.57 bits per heavy atom. The molecule has 2 N–H and O–H groups in total. The van der Waals surface area contributed by atoms with E-state index < -0.39 is 10.0 Å². The smallest absolute Gasteiger partial charge is 0.245 e. The number of fused-ring (bicyclic) bond motifs is 1. The number of hydrogen-bond donors (Lipinski definition) is 1. The number of sulfonamides is 1. The third-order valence-electron chi connectivity index (χ3n) is 4.87. The van der Waals surface area contributed by atoms with Gasteiger partial charge < -0.3 is 10.3 Å². The molecule has 1 aromatic carbocycles. The number of nitrogens with two attached hydrogens (primary N) is 1. The van der Waals surface area contributed by atoms with Crippen LogP contribution in [0.25, 0.3) is 10.9 Å². The predicted octanol–water partition coefficient (Wildman–Crippen LogP) is 2.27. The number of rotatable bonds is 2. The molecule has 0 bridgehead atoms. The standard InChI is InChI=1S/C16H23N3O2S.ClH/c1-11-10-19(9-8-14(11)17)22(20,21)16-12(2)18(3)15-7-5-4-6-13(15)16;/h4-7,11,14H,8-10,17H2,1-3H3;1H. The molecule has 1 fully saturated rings. The van der Waals surface area contributed by atoms with Crippen molar-refractivity contribution < 1.29 is 8.42 Å². The van der Waals surface area contributed by atoms with Crippen molar-refractivity contribution in [1.29, 1.82) is 0 Å². The minimum atomic E-state index is -3.50. The zero-order valence-electron chi connectivity index (χ0n) is 13.7. The highest BCUT2D eigenvalue weighted by molar-refractivity contribution is 7.89. The van der Waals surface area contributed by atoms with Crippen molar-refractivity contribution >= 4 is 33.3 Å². The molecule has 1 aliphatic rings. The number of benzene rings is 1. The van der Waals surface area contributed by atoms with Crippen LogP contribution in [0.3, 0.4) is 0 Å². The Hall–Kier alpha value is -1.08. The van der Waals surface area contributed by atoms with Gasteiger partial charge in [0.1, 0.15) is 4.90 Å². The summed E-state index contributed by atoms with van der Waals surface area (Å²) in [6.45, 7) is 4.87. The molecule has 128 valence electrons. The van der Waals surface area contributed by atoms with Crippen LogP contribution in [0.15, 0.2) is 29.2 Å². The first-order chi connectivity index (χ1) is 10.3. The lowest BCUT2D eigenvalue weighted by Crippen LogP contribution is -2.48. The molecule has 0 radical (unpaired) electrons. The molecule has 0 saturated carbocycles. The number of nitrogens with zero attached hydrogens (tertiary/aromatic N) is 2. The van der Waals surface area contributed by atoms with Crippen LogP contribution in [0.1, 0.15) is 19.0 Å². The minimum Gasteiger partial charge on any atom is -0.347 e. The van der Waals surface area contributed by atoms with E-state index >= 15 is 0 Å². The van der Waals surface area contributed by atoms with Crippen LogP contribution in [-0.4, -0.2) is 36.4 Å². The summed E-state index contributed by atoms with van der Waals surface area (Å²) in [4.78, 5) is 0.438. The number of hydrogen-bond acceptors (Lipinski definition) is 3. The molecule has 3 rings (SSSR count). The Kier molecular flexibility index (Phi) is 5.11. The second kappa shape index (κ2) is 6.43. The fourth-order valence-corrected chi connectivity index (χ4v) is 5.28. The van der Waals surface area contributed by atoms with E-state index in [1.54, 1.807) is 4.31 Å². The number of para-hydroxylation sites is 1. The van der Waals surface area contributed by atoms with E-state index in [4.69, 9.17) is 5.73 Å². The monoisotopic (exact) mass is 357 g/mol. The fraction of sp³-hybridized carbons (Fsp3) is 0.500. The third-order valence-corrected chi connectivity index (χ3v) is 6.92. The lowest BCUT2D eigenvalue weighted by atomic mass is 9.96. The quantitative estimate of drug-likeness (QED) is 0.896. The van der Waals surface area contributed by atoms with Gasteiger partial charge in [-0.05, 0) is 25.3 Å². The van der Waals surface area contributed by atoms with Gasteiger partial charge in [-0.3, -0.25) is 0 Å². The largest absolute Gasteiger partial charge is 0.347 e. The lowest BCUT2D eigenvalue weighted by molar-refractivity contribution is 0.250. The third kappa shape index (κ3) is 2.89. The van der Waals surface area contributed by atoms with Gasteiger partial charge in [-0.15, -0.1) is 12.4 Å². The Bertz CT molecular complexity index is 816. The summed E-state index contributed by atoms with van der Waals surface area (Å²) in [5, 5.41) is 0.796. The summed E-state index contributed by atoms with van der Waals surface area (Å²) in [7, 11) is -1.59. The Morgan fingerprint density at radius 2 is 1.91 bits per heavy atom. The Balaban J connectivity index is 0.00000192. The molecule has 1 saturated heterocycles. The first kappa shape index (κ1) is 18.3. The minimum absolute atomic E-state index is 0. The summed E-state index contributed by atoms with van der Waals surface area (Å²) in [6, 6.07) is 7.74. The Labute approximate surface area is 143 Å². The van der Waals surface area contributed by atoms with Crippen LogP contribution in [0.4, 0.5) is 0 Å². The lowest BCUT2D eigenvalue weighted by Gasteiger charge is -2.34. The summed E-state index contributed by atoms with van der Waals surface area (Å²) in [6.07, 6.45) is 0.713. The first-order valence-corrected chi connectivity index (χ1v) is 9.07. The molecule has 2 heterocycles. The maximum Gasteiger partial charge on any atom is 0.245 e. The van der Waals surface area contributed by atoms with E-state index in [1.165, 1.54) is 0 Å². The van der Waals surface area contributed by atoms with Crippen molar-refractivity contribution in [2.75, 3.05) is 13.1 Å². The van der Waals surface area contributed by atoms with Crippen LogP contribution >= 0.6 is 12.4 Å². The Morgan fingerprint density at radius 1 is 1.26 bits per heavy atom. The molecular formula is C16H24ClN3O2S. The number of halogens is 1. The molecule has 0 spiro atoms. The highest BCUT2D eigenvalue weighted by Crippen LogP contribution is 2.32. The molecule has 5 nitrogen and oxygen atoms in total. The van der Waals surface area contributed by atoms with Gasteiger partial charge in [-0.1, -0.05) is 25.1 Å². The zero-order chi connectivity index (χ0) is 16.1. The van der Waals surface area contributed by atoms with Gasteiger partial charge in [0.05, 0.1) is 0 Å². The SMILES string of the molecule is Cc1c(S(=O)(=O)N2CCC(N)C(C)C2)c2ccccc2n1C.Cl. The fourth-order valence-electron chi connectivity index (χ4n) is 3.28. The van der Waals surface area contributed by atoms with Crippen LogP contribution in [-0.2, 0) is 17.1 Å². The topological polar surface area (TPSA) is 68.3 Å². The molecule has 0 amide bonds. The van der Waals surface area contributed by atoms with Crippen molar-refractivity contribution in [3.05, 3.63) is 30.0 Å². The van der Waals surface area contributed by atoms with Gasteiger partial charge in [0.15, 0.2) is 0 Å². The molecule has 2 atom stereocenters. The van der Waals surface area contributed by atoms with Crippen molar-refractivity contribution in [2.24, 2.45) is 18.7 Å². The maximum atomic E-state index is 13.2. The van der Waals surface area contributed by atoms with E-state index in [1.807, 2.05) is 49.7 Å². The predicted molar refractivity (Wildman–Crippen MR) is 95.4 cm³/mol. The molecule has 0 aliphatic carbocycles. The average molecular weight is 358 g/mol. The van der Waals surface area contributed by atoms with Gasteiger partial charge >= 0.3 is 0 Å². The van der Waals surface area contributed by atoms with Crippen molar-refractivity contribution in [1.82, 2.24) is 8.87 Å². The highest BCUT2D eigenvalue weighted by Gasteiger charge is 2.35. The van der Waals surface area contributed by atoms with Crippen molar-refractivity contribution in [3.8, 4) is 0 Å². The number of piperidine rings is 1. The zero-order valence-corrected chi connectivity index (χ0v) is 15.3. The molecule has 2 aromatic rings. The molecular weight excluding hydrogens is 334 g/mol. The maximum absolute atomic E-state index is 13.2. The van der Waals surface area contributed by atoms with Crippen molar-refractivity contribution in [2.45, 2.75) is 31.2 Å². The summed E-state index contributed by atoms with van der Waals surface area (Å²) >= 11 is 0. The summed E-state index contributed by atoms with van der Waals surface area (Å²) < 4.78 is 29.9. The van der Waals surface area contributed by atoms with Gasteiger partial charge in [0.2, 0.25) is 10.0 Å². The van der Waals surface area contributed by atoms with Gasteiger partial charge in [0, 0.05) is 42.8 Å². The first-order valence-electron chi connectivity index (χ1n) is 7.63. The molecule has 23 heavy (non-hydrogen) atoms.